The van der Waals surface area contributed by atoms with Crippen LogP contribution in [0, 0.1) is 5.41 Å². The molecule has 0 saturated carbocycles. The van der Waals surface area contributed by atoms with Gasteiger partial charge in [-0.1, -0.05) is 87.5 Å². The lowest BCUT2D eigenvalue weighted by molar-refractivity contribution is 0.411. The van der Waals surface area contributed by atoms with Gasteiger partial charge in [-0.15, -0.1) is 0 Å². The Labute approximate surface area is 202 Å². The summed E-state index contributed by atoms with van der Waals surface area (Å²) in [7, 11) is 0. The highest BCUT2D eigenvalue weighted by molar-refractivity contribution is 6.20. The zero-order valence-corrected chi connectivity index (χ0v) is 19.6. The highest BCUT2D eigenvalue weighted by Gasteiger charge is 2.14. The molecule has 2 heterocycles. The van der Waals surface area contributed by atoms with Gasteiger partial charge in [-0.3, -0.25) is 4.98 Å². The molecule has 2 heteroatoms. The summed E-state index contributed by atoms with van der Waals surface area (Å²) in [6.07, 6.45) is 0.240. The first-order valence-corrected chi connectivity index (χ1v) is 11.6. The molecule has 0 aliphatic heterocycles. The summed E-state index contributed by atoms with van der Waals surface area (Å²) >= 11 is 0. The van der Waals surface area contributed by atoms with Gasteiger partial charge in [-0.05, 0) is 63.5 Å². The molecule has 6 rings (SSSR count). The van der Waals surface area contributed by atoms with Crippen LogP contribution in [0.3, 0.4) is 0 Å². The third-order valence-corrected chi connectivity index (χ3v) is 6.17. The van der Waals surface area contributed by atoms with Crippen molar-refractivity contribution >= 4 is 32.7 Å². The summed E-state index contributed by atoms with van der Waals surface area (Å²) in [5.41, 5.74) is 5.96. The molecule has 0 bridgehead atoms. The number of aromatic nitrogens is 1. The molecule has 0 radical (unpaired) electrons. The predicted octanol–water partition coefficient (Wildman–Crippen LogP) is 9.06. The lowest BCUT2D eigenvalue weighted by Crippen LogP contribution is -2.09. The SMILES string of the molecule is [2H]C([2H])(c1ccnc(-c2ccc(-c3cccc4c3ccc3oc5ccccc5c34)cc2)c1)C(C)(C)C. The van der Waals surface area contributed by atoms with Crippen molar-refractivity contribution in [1.82, 2.24) is 4.98 Å². The van der Waals surface area contributed by atoms with E-state index in [-0.39, 0.29) is 0 Å². The number of nitrogens with zero attached hydrogens (tertiary/aromatic N) is 1. The first-order valence-electron chi connectivity index (χ1n) is 12.6. The van der Waals surface area contributed by atoms with E-state index in [1.54, 1.807) is 12.3 Å². The van der Waals surface area contributed by atoms with Gasteiger partial charge in [-0.2, -0.15) is 0 Å². The van der Waals surface area contributed by atoms with E-state index in [4.69, 9.17) is 7.16 Å². The minimum atomic E-state index is -1.46. The molecule has 0 spiro atoms. The number of benzene rings is 4. The van der Waals surface area contributed by atoms with E-state index >= 15 is 0 Å². The lowest BCUT2D eigenvalue weighted by atomic mass is 9.88. The molecule has 0 aliphatic carbocycles. The van der Waals surface area contributed by atoms with Crippen LogP contribution in [-0.2, 0) is 6.37 Å². The average Bonchev–Trinajstić information content (AvgIpc) is 3.27. The number of hydrogen-bond acceptors (Lipinski definition) is 2. The van der Waals surface area contributed by atoms with Crippen LogP contribution in [0.5, 0.6) is 0 Å². The van der Waals surface area contributed by atoms with Crippen molar-refractivity contribution in [3.63, 3.8) is 0 Å². The van der Waals surface area contributed by atoms with Gasteiger partial charge in [0, 0.05) is 25.3 Å². The van der Waals surface area contributed by atoms with E-state index < -0.39 is 11.8 Å². The second-order valence-corrected chi connectivity index (χ2v) is 9.82. The molecule has 0 unspecified atom stereocenters. The van der Waals surface area contributed by atoms with Crippen molar-refractivity contribution in [2.75, 3.05) is 0 Å². The number of pyridine rings is 1. The summed E-state index contributed by atoms with van der Waals surface area (Å²) in [6, 6.07) is 30.8. The van der Waals surface area contributed by atoms with Crippen LogP contribution in [0.15, 0.2) is 102 Å². The van der Waals surface area contributed by atoms with E-state index in [2.05, 4.69) is 71.7 Å². The lowest BCUT2D eigenvalue weighted by Gasteiger charge is -2.18. The van der Waals surface area contributed by atoms with Crippen molar-refractivity contribution in [2.45, 2.75) is 27.1 Å². The minimum absolute atomic E-state index is 0.518. The van der Waals surface area contributed by atoms with Crippen molar-refractivity contribution in [1.29, 1.82) is 0 Å². The van der Waals surface area contributed by atoms with Crippen LogP contribution in [0.25, 0.3) is 55.1 Å². The van der Waals surface area contributed by atoms with Crippen LogP contribution in [0.1, 0.15) is 29.1 Å². The monoisotopic (exact) mass is 443 g/mol. The highest BCUT2D eigenvalue weighted by atomic mass is 16.3. The standard InChI is InChI=1S/C32H27NO/c1-32(2,3)20-21-17-18-33-28(19-21)23-13-11-22(12-14-23)24-8-6-9-26-25(24)15-16-30-31(26)27-7-4-5-10-29(27)34-30/h4-19H,20H2,1-3H3/i20D2. The summed E-state index contributed by atoms with van der Waals surface area (Å²) in [4.78, 5) is 4.54. The van der Waals surface area contributed by atoms with E-state index in [0.717, 1.165) is 44.3 Å². The molecule has 6 aromatic rings. The zero-order chi connectivity index (χ0) is 25.1. The van der Waals surface area contributed by atoms with Gasteiger partial charge >= 0.3 is 0 Å². The fraction of sp³-hybridized carbons (Fsp3) is 0.156. The molecule has 0 saturated heterocycles. The van der Waals surface area contributed by atoms with E-state index in [1.165, 1.54) is 10.8 Å². The van der Waals surface area contributed by atoms with E-state index in [1.807, 2.05) is 39.0 Å². The maximum atomic E-state index is 8.63. The number of furan rings is 1. The van der Waals surface area contributed by atoms with Gasteiger partial charge in [0.05, 0.1) is 5.69 Å². The first kappa shape index (κ1) is 18.5. The molecule has 2 aromatic heterocycles. The van der Waals surface area contributed by atoms with Crippen molar-refractivity contribution in [3.05, 3.63) is 103 Å². The van der Waals surface area contributed by atoms with Crippen molar-refractivity contribution in [3.8, 4) is 22.4 Å². The summed E-state index contributed by atoms with van der Waals surface area (Å²) in [5, 5.41) is 4.64. The second-order valence-electron chi connectivity index (χ2n) is 9.82. The first-order chi connectivity index (χ1) is 17.2. The van der Waals surface area contributed by atoms with Crippen LogP contribution in [0.2, 0.25) is 0 Å². The van der Waals surface area contributed by atoms with Crippen LogP contribution < -0.4 is 0 Å². The second kappa shape index (κ2) is 7.85. The van der Waals surface area contributed by atoms with Crippen LogP contribution >= 0.6 is 0 Å². The van der Waals surface area contributed by atoms with Gasteiger partial charge in [0.25, 0.3) is 0 Å². The Morgan fingerprint density at radius 2 is 1.50 bits per heavy atom. The predicted molar refractivity (Wildman–Crippen MR) is 143 cm³/mol. The Morgan fingerprint density at radius 1 is 0.735 bits per heavy atom. The molecular weight excluding hydrogens is 414 g/mol. The molecule has 0 amide bonds. The number of hydrogen-bond donors (Lipinski definition) is 0. The molecule has 34 heavy (non-hydrogen) atoms. The summed E-state index contributed by atoms with van der Waals surface area (Å²) < 4.78 is 23.4. The number of fused-ring (bicyclic) bond motifs is 5. The molecular formula is C32H27NO. The Balaban J connectivity index is 1.43. The Bertz CT molecular complexity index is 1740. The molecule has 0 fully saturated rings. The molecule has 0 N–H and O–H groups in total. The van der Waals surface area contributed by atoms with Crippen LogP contribution in [-0.4, -0.2) is 4.98 Å². The maximum absolute atomic E-state index is 8.63. The van der Waals surface area contributed by atoms with Gasteiger partial charge < -0.3 is 4.42 Å². The van der Waals surface area contributed by atoms with Crippen LogP contribution in [0.4, 0.5) is 0 Å². The Hall–Kier alpha value is -3.91. The van der Waals surface area contributed by atoms with Crippen molar-refractivity contribution in [2.24, 2.45) is 5.41 Å². The Kier molecular flexibility index (Phi) is 4.27. The third-order valence-electron chi connectivity index (χ3n) is 6.17. The fourth-order valence-electron chi connectivity index (χ4n) is 4.75. The molecule has 0 atom stereocenters. The highest BCUT2D eigenvalue weighted by Crippen LogP contribution is 2.38. The molecule has 4 aromatic carbocycles. The Morgan fingerprint density at radius 3 is 2.32 bits per heavy atom. The topological polar surface area (TPSA) is 26.0 Å². The fourth-order valence-corrected chi connectivity index (χ4v) is 4.75. The quantitative estimate of drug-likeness (QED) is 0.273. The summed E-state index contributed by atoms with van der Waals surface area (Å²) in [5.74, 6) is 0. The minimum Gasteiger partial charge on any atom is -0.456 e. The summed E-state index contributed by atoms with van der Waals surface area (Å²) in [6.45, 7) is 5.77. The van der Waals surface area contributed by atoms with E-state index in [0.29, 0.717) is 5.56 Å². The van der Waals surface area contributed by atoms with Gasteiger partial charge in [0.15, 0.2) is 0 Å². The average molecular weight is 444 g/mol. The zero-order valence-electron chi connectivity index (χ0n) is 21.6. The normalized spacial score (nSPS) is 13.4. The number of rotatable bonds is 3. The largest absolute Gasteiger partial charge is 0.456 e. The van der Waals surface area contributed by atoms with E-state index in [9.17, 15) is 0 Å². The molecule has 2 nitrogen and oxygen atoms in total. The molecule has 166 valence electrons. The maximum Gasteiger partial charge on any atom is 0.136 e. The third kappa shape index (κ3) is 3.66. The van der Waals surface area contributed by atoms with Crippen molar-refractivity contribution < 1.29 is 7.16 Å². The van der Waals surface area contributed by atoms with Gasteiger partial charge in [0.2, 0.25) is 0 Å². The van der Waals surface area contributed by atoms with Gasteiger partial charge in [-0.25, -0.2) is 0 Å². The number of para-hydroxylation sites is 1. The smallest absolute Gasteiger partial charge is 0.136 e. The van der Waals surface area contributed by atoms with Gasteiger partial charge in [0.1, 0.15) is 11.2 Å². The molecule has 0 aliphatic rings.